The number of nitrogens with zero attached hydrogens (tertiary/aromatic N) is 1. The molecule has 1 nitrogen and oxygen atoms in total. The van der Waals surface area contributed by atoms with Gasteiger partial charge < -0.3 is 4.48 Å². The zero-order chi connectivity index (χ0) is 11.8. The summed E-state index contributed by atoms with van der Waals surface area (Å²) in [5.41, 5.74) is 5.42. The van der Waals surface area contributed by atoms with Crippen molar-refractivity contribution < 1.29 is 22.4 Å². The molecule has 1 aromatic rings. The van der Waals surface area contributed by atoms with Crippen molar-refractivity contribution in [2.75, 3.05) is 14.1 Å². The van der Waals surface area contributed by atoms with E-state index in [1.807, 2.05) is 0 Å². The molecule has 0 aromatic heterocycles. The Kier molecular flexibility index (Phi) is 4.79. The topological polar surface area (TPSA) is 0 Å². The van der Waals surface area contributed by atoms with Gasteiger partial charge in [-0.15, -0.1) is 17.2 Å². The summed E-state index contributed by atoms with van der Waals surface area (Å²) in [7, 11) is 4.53. The first kappa shape index (κ1) is 14.7. The van der Waals surface area contributed by atoms with Crippen LogP contribution in [0.5, 0.6) is 0 Å². The number of hydrogen-bond donors (Lipinski definition) is 0. The number of benzene rings is 1. The molecule has 1 heterocycles. The Balaban J connectivity index is 0.00000144. The van der Waals surface area contributed by atoms with Crippen LogP contribution >= 0.6 is 0 Å². The molecule has 0 atom stereocenters. The summed E-state index contributed by atoms with van der Waals surface area (Å²) in [6.45, 7) is 4.39. The zero-order valence-corrected chi connectivity index (χ0v) is 13.3. The van der Waals surface area contributed by atoms with Crippen molar-refractivity contribution in [1.82, 2.24) is 4.48 Å². The van der Waals surface area contributed by atoms with E-state index in [4.69, 9.17) is 0 Å². The summed E-state index contributed by atoms with van der Waals surface area (Å²) in [5, 5.41) is 0. The van der Waals surface area contributed by atoms with Crippen molar-refractivity contribution in [3.63, 3.8) is 0 Å². The van der Waals surface area contributed by atoms with Gasteiger partial charge >= 0.3 is 22.4 Å². The van der Waals surface area contributed by atoms with Gasteiger partial charge in [0.05, 0.1) is 14.1 Å². The van der Waals surface area contributed by atoms with Crippen LogP contribution in [0.2, 0.25) is 0 Å². The van der Waals surface area contributed by atoms with Crippen LogP contribution in [0.15, 0.2) is 23.9 Å². The average Bonchev–Trinajstić information content (AvgIpc) is 2.47. The minimum Gasteiger partial charge on any atom is -0.326 e. The molecule has 1 aromatic carbocycles. The fraction of sp³-hybridized carbons (Fsp3) is 0.467. The van der Waals surface area contributed by atoms with E-state index in [1.54, 1.807) is 0 Å². The largest absolute Gasteiger partial charge is 1.00 e. The molecule has 0 fully saturated rings. The molecule has 0 amide bonds. The maximum Gasteiger partial charge on any atom is 1.00 e. The summed E-state index contributed by atoms with van der Waals surface area (Å²) in [4.78, 5) is 0. The third kappa shape index (κ3) is 2.74. The summed E-state index contributed by atoms with van der Waals surface area (Å²) in [5.74, 6) is 0. The van der Waals surface area contributed by atoms with E-state index in [1.165, 1.54) is 35.4 Å². The normalized spacial score (nSPS) is 16.1. The zero-order valence-electron chi connectivity index (χ0n) is 11.1. The van der Waals surface area contributed by atoms with Gasteiger partial charge in [0, 0.05) is 17.8 Å². The van der Waals surface area contributed by atoms with E-state index in [9.17, 15) is 0 Å². The van der Waals surface area contributed by atoms with Gasteiger partial charge in [-0.2, -0.15) is 6.07 Å². The fourth-order valence-corrected chi connectivity index (χ4v) is 2.36. The van der Waals surface area contributed by atoms with Crippen LogP contribution in [0.4, 0.5) is 5.69 Å². The first-order valence-electron chi connectivity index (χ1n) is 6.14. The first-order valence-corrected chi connectivity index (χ1v) is 6.14. The minimum atomic E-state index is 0. The molecule has 2 rings (SSSR count). The third-order valence-corrected chi connectivity index (χ3v) is 3.48. The van der Waals surface area contributed by atoms with Gasteiger partial charge in [-0.1, -0.05) is 32.4 Å². The van der Waals surface area contributed by atoms with Gasteiger partial charge in [-0.3, -0.25) is 0 Å². The molecule has 0 spiro atoms. The number of quaternary nitrogens is 1. The van der Waals surface area contributed by atoms with Crippen molar-refractivity contribution in [3.05, 3.63) is 41.1 Å². The monoisotopic (exact) mass is 412 g/mol. The molecule has 2 heteroatoms. The SMILES string of the molecule is CCCCC1=[C-]c2cc(C)ccc2[N+]1(C)C.[Au+]. The smallest absolute Gasteiger partial charge is 0.326 e. The molecule has 0 radical (unpaired) electrons. The van der Waals surface area contributed by atoms with Crippen molar-refractivity contribution in [2.24, 2.45) is 0 Å². The molecule has 1 aliphatic rings. The molecule has 0 N–H and O–H groups in total. The maximum absolute atomic E-state index is 3.59. The van der Waals surface area contributed by atoms with Crippen LogP contribution in [-0.2, 0) is 22.4 Å². The van der Waals surface area contributed by atoms with Crippen LogP contribution in [0, 0.1) is 13.0 Å². The molecule has 96 valence electrons. The number of rotatable bonds is 3. The number of unbranched alkanes of at least 4 members (excludes halogenated alkanes) is 1. The second kappa shape index (κ2) is 5.53. The fourth-order valence-electron chi connectivity index (χ4n) is 2.36. The van der Waals surface area contributed by atoms with E-state index in [0.29, 0.717) is 0 Å². The Labute approximate surface area is 121 Å². The molecule has 0 saturated heterocycles. The van der Waals surface area contributed by atoms with E-state index < -0.39 is 0 Å². The van der Waals surface area contributed by atoms with Crippen LogP contribution < -0.4 is 4.48 Å². The van der Waals surface area contributed by atoms with Gasteiger partial charge in [-0.05, 0) is 6.42 Å². The predicted octanol–water partition coefficient (Wildman–Crippen LogP) is 3.80. The molecule has 0 bridgehead atoms. The van der Waals surface area contributed by atoms with Gasteiger partial charge in [0.1, 0.15) is 0 Å². The van der Waals surface area contributed by atoms with Crippen molar-refractivity contribution in [2.45, 2.75) is 33.1 Å². The predicted molar refractivity (Wildman–Crippen MR) is 70.2 cm³/mol. The van der Waals surface area contributed by atoms with Crippen molar-refractivity contribution in [3.8, 4) is 0 Å². The van der Waals surface area contributed by atoms with E-state index in [2.05, 4.69) is 52.2 Å². The molecule has 0 saturated carbocycles. The molecule has 0 unspecified atom stereocenters. The third-order valence-electron chi connectivity index (χ3n) is 3.48. The van der Waals surface area contributed by atoms with Crippen LogP contribution in [0.25, 0.3) is 0 Å². The summed E-state index contributed by atoms with van der Waals surface area (Å²) >= 11 is 0. The molecular weight excluding hydrogens is 391 g/mol. The summed E-state index contributed by atoms with van der Waals surface area (Å²) < 4.78 is 0.885. The van der Waals surface area contributed by atoms with Crippen molar-refractivity contribution in [1.29, 1.82) is 0 Å². The second-order valence-electron chi connectivity index (χ2n) is 5.15. The Bertz CT molecular complexity index is 433. The molecule has 0 aliphatic carbocycles. The Morgan fingerprint density at radius 3 is 2.59 bits per heavy atom. The van der Waals surface area contributed by atoms with Gasteiger partial charge in [0.2, 0.25) is 0 Å². The van der Waals surface area contributed by atoms with Crippen molar-refractivity contribution >= 4 is 5.69 Å². The second-order valence-corrected chi connectivity index (χ2v) is 5.15. The molecule has 1 aliphatic heterocycles. The Morgan fingerprint density at radius 2 is 1.94 bits per heavy atom. The van der Waals surface area contributed by atoms with E-state index in [-0.39, 0.29) is 22.4 Å². The number of hydrogen-bond acceptors (Lipinski definition) is 0. The molecule has 17 heavy (non-hydrogen) atoms. The number of aryl methyl sites for hydroxylation is 1. The first-order chi connectivity index (χ1) is 7.55. The van der Waals surface area contributed by atoms with E-state index in [0.717, 1.165) is 10.9 Å². The van der Waals surface area contributed by atoms with Crippen LogP contribution in [0.3, 0.4) is 0 Å². The maximum atomic E-state index is 3.59. The Hall–Kier alpha value is -0.340. The molecular formula is C15H21AuN+. The standard InChI is InChI=1S/C15H21N.Au/c1-5-6-7-14-11-13-10-12(2)8-9-15(13)16(14,3)4;/h8-10H,5-7H2,1-4H3;/q;+1. The average molecular weight is 412 g/mol. The van der Waals surface area contributed by atoms with Crippen LogP contribution in [-0.4, -0.2) is 14.1 Å². The van der Waals surface area contributed by atoms with Gasteiger partial charge in [-0.25, -0.2) is 0 Å². The Morgan fingerprint density at radius 1 is 1.24 bits per heavy atom. The van der Waals surface area contributed by atoms with Crippen LogP contribution in [0.1, 0.15) is 37.3 Å². The quantitative estimate of drug-likeness (QED) is 0.403. The minimum absolute atomic E-state index is 0. The van der Waals surface area contributed by atoms with Gasteiger partial charge in [0.25, 0.3) is 0 Å². The van der Waals surface area contributed by atoms with Gasteiger partial charge in [0.15, 0.2) is 0 Å². The summed E-state index contributed by atoms with van der Waals surface area (Å²) in [6, 6.07) is 6.69. The van der Waals surface area contributed by atoms with E-state index >= 15 is 0 Å². The summed E-state index contributed by atoms with van der Waals surface area (Å²) in [6.07, 6.45) is 7.26. The number of fused-ring (bicyclic) bond motifs is 1. The number of allylic oxidation sites excluding steroid dienone is 1.